The normalized spacial score (nSPS) is 9.64. The van der Waals surface area contributed by atoms with Crippen LogP contribution in [-0.2, 0) is 0 Å². The Labute approximate surface area is 133 Å². The number of anilines is 2. The van der Waals surface area contributed by atoms with Crippen LogP contribution in [0.4, 0.5) is 11.4 Å². The molecule has 120 valence electrons. The molecule has 4 heteroatoms. The summed E-state index contributed by atoms with van der Waals surface area (Å²) in [6.45, 7) is 6.01. The number of rotatable bonds is 4. The van der Waals surface area contributed by atoms with Gasteiger partial charge in [0.15, 0.2) is 0 Å². The van der Waals surface area contributed by atoms with E-state index in [1.165, 1.54) is 0 Å². The van der Waals surface area contributed by atoms with Crippen molar-refractivity contribution in [2.75, 3.05) is 37.0 Å². The van der Waals surface area contributed by atoms with Crippen molar-refractivity contribution in [2.24, 2.45) is 0 Å². The van der Waals surface area contributed by atoms with Crippen LogP contribution in [0.1, 0.15) is 13.8 Å². The molecule has 0 saturated heterocycles. The second-order valence-electron chi connectivity index (χ2n) is 5.04. The summed E-state index contributed by atoms with van der Waals surface area (Å²) < 4.78 is 0. The van der Waals surface area contributed by atoms with E-state index in [4.69, 9.17) is 0 Å². The standard InChI is InChI=1S/C10H15NO.C8H11NO/c1-3-11(4-2)9-7-5-6-8-10(9)12;1-9(2)7-5-3-4-6-8(7)10/h5-8,12H,3-4H2,1-2H3;3-6,10H,1-2H3. The fourth-order valence-corrected chi connectivity index (χ4v) is 2.14. The third-order valence-electron chi connectivity index (χ3n) is 3.35. The first-order chi connectivity index (χ1) is 10.5. The van der Waals surface area contributed by atoms with Crippen LogP contribution < -0.4 is 9.80 Å². The Hall–Kier alpha value is -2.36. The molecule has 2 aromatic rings. The first kappa shape index (κ1) is 17.7. The second kappa shape index (κ2) is 8.82. The molecule has 0 aliphatic heterocycles. The van der Waals surface area contributed by atoms with Crippen LogP contribution >= 0.6 is 0 Å². The number of aromatic hydroxyl groups is 2. The van der Waals surface area contributed by atoms with E-state index < -0.39 is 0 Å². The van der Waals surface area contributed by atoms with Crippen molar-refractivity contribution in [2.45, 2.75) is 13.8 Å². The highest BCUT2D eigenvalue weighted by molar-refractivity contribution is 5.57. The molecule has 0 atom stereocenters. The monoisotopic (exact) mass is 302 g/mol. The van der Waals surface area contributed by atoms with Crippen LogP contribution in [0.25, 0.3) is 0 Å². The first-order valence-electron chi connectivity index (χ1n) is 7.49. The molecule has 0 amide bonds. The molecule has 0 aliphatic carbocycles. The maximum Gasteiger partial charge on any atom is 0.138 e. The third kappa shape index (κ3) is 4.88. The van der Waals surface area contributed by atoms with Crippen LogP contribution in [-0.4, -0.2) is 37.4 Å². The lowest BCUT2D eigenvalue weighted by molar-refractivity contribution is 0.474. The smallest absolute Gasteiger partial charge is 0.138 e. The molecule has 0 aromatic heterocycles. The van der Waals surface area contributed by atoms with Gasteiger partial charge >= 0.3 is 0 Å². The predicted molar refractivity (Wildman–Crippen MR) is 94.1 cm³/mol. The summed E-state index contributed by atoms with van der Waals surface area (Å²) in [7, 11) is 3.80. The van der Waals surface area contributed by atoms with Gasteiger partial charge in [0, 0.05) is 27.2 Å². The number of phenols is 2. The topological polar surface area (TPSA) is 46.9 Å². The number of nitrogens with zero attached hydrogens (tertiary/aromatic N) is 2. The Morgan fingerprint density at radius 3 is 1.45 bits per heavy atom. The van der Waals surface area contributed by atoms with Crippen molar-refractivity contribution in [3.63, 3.8) is 0 Å². The zero-order valence-corrected chi connectivity index (χ0v) is 13.8. The predicted octanol–water partition coefficient (Wildman–Crippen LogP) is 3.70. The SMILES string of the molecule is CCN(CC)c1ccccc1O.CN(C)c1ccccc1O. The minimum absolute atomic E-state index is 0.326. The molecule has 0 saturated carbocycles. The van der Waals surface area contributed by atoms with Crippen LogP contribution in [0.15, 0.2) is 48.5 Å². The summed E-state index contributed by atoms with van der Waals surface area (Å²) in [4.78, 5) is 3.99. The summed E-state index contributed by atoms with van der Waals surface area (Å²) in [5.41, 5.74) is 1.77. The van der Waals surface area contributed by atoms with Crippen molar-refractivity contribution in [3.8, 4) is 11.5 Å². The van der Waals surface area contributed by atoms with Crippen LogP contribution in [0.3, 0.4) is 0 Å². The fourth-order valence-electron chi connectivity index (χ4n) is 2.14. The summed E-state index contributed by atoms with van der Waals surface area (Å²) in [5, 5.41) is 18.7. The van der Waals surface area contributed by atoms with Gasteiger partial charge in [-0.15, -0.1) is 0 Å². The van der Waals surface area contributed by atoms with Crippen molar-refractivity contribution in [1.29, 1.82) is 0 Å². The number of hydrogen-bond donors (Lipinski definition) is 2. The van der Waals surface area contributed by atoms with Gasteiger partial charge in [-0.1, -0.05) is 24.3 Å². The van der Waals surface area contributed by atoms with Gasteiger partial charge in [-0.3, -0.25) is 0 Å². The van der Waals surface area contributed by atoms with Gasteiger partial charge in [0.25, 0.3) is 0 Å². The van der Waals surface area contributed by atoms with Crippen LogP contribution in [0.2, 0.25) is 0 Å². The maximum atomic E-state index is 9.50. The number of phenolic OH excluding ortho intramolecular Hbond substituents is 2. The Balaban J connectivity index is 0.000000224. The molecule has 0 spiro atoms. The molecule has 0 unspecified atom stereocenters. The number of para-hydroxylation sites is 4. The van der Waals surface area contributed by atoms with E-state index in [2.05, 4.69) is 18.7 Å². The molecule has 2 aromatic carbocycles. The van der Waals surface area contributed by atoms with Gasteiger partial charge in [-0.05, 0) is 38.1 Å². The van der Waals surface area contributed by atoms with E-state index in [0.717, 1.165) is 24.5 Å². The quantitative estimate of drug-likeness (QED) is 0.904. The van der Waals surface area contributed by atoms with Crippen molar-refractivity contribution < 1.29 is 10.2 Å². The molecular formula is C18H26N2O2. The van der Waals surface area contributed by atoms with Gasteiger partial charge in [-0.25, -0.2) is 0 Å². The Bertz CT molecular complexity index is 567. The van der Waals surface area contributed by atoms with E-state index in [1.54, 1.807) is 12.1 Å². The van der Waals surface area contributed by atoms with Gasteiger partial charge < -0.3 is 20.0 Å². The van der Waals surface area contributed by atoms with Crippen LogP contribution in [0, 0.1) is 0 Å². The van der Waals surface area contributed by atoms with Crippen LogP contribution in [0.5, 0.6) is 11.5 Å². The minimum atomic E-state index is 0.326. The molecule has 0 bridgehead atoms. The van der Waals surface area contributed by atoms with Gasteiger partial charge in [0.2, 0.25) is 0 Å². The summed E-state index contributed by atoms with van der Waals surface area (Å²) in [6.07, 6.45) is 0. The van der Waals surface area contributed by atoms with E-state index in [9.17, 15) is 10.2 Å². The summed E-state index contributed by atoms with van der Waals surface area (Å²) >= 11 is 0. The van der Waals surface area contributed by atoms with Gasteiger partial charge in [-0.2, -0.15) is 0 Å². The van der Waals surface area contributed by atoms with Crippen molar-refractivity contribution in [3.05, 3.63) is 48.5 Å². The van der Waals surface area contributed by atoms with Crippen molar-refractivity contribution in [1.82, 2.24) is 0 Å². The molecule has 0 aliphatic rings. The molecule has 2 N–H and O–H groups in total. The highest BCUT2D eigenvalue weighted by Crippen LogP contribution is 2.25. The second-order valence-corrected chi connectivity index (χ2v) is 5.04. The van der Waals surface area contributed by atoms with Gasteiger partial charge in [0.1, 0.15) is 11.5 Å². The Kier molecular flexibility index (Phi) is 7.09. The van der Waals surface area contributed by atoms with E-state index in [-0.39, 0.29) is 0 Å². The highest BCUT2D eigenvalue weighted by atomic mass is 16.3. The lowest BCUT2D eigenvalue weighted by atomic mass is 10.2. The Morgan fingerprint density at radius 2 is 1.14 bits per heavy atom. The summed E-state index contributed by atoms with van der Waals surface area (Å²) in [6, 6.07) is 14.7. The highest BCUT2D eigenvalue weighted by Gasteiger charge is 2.04. The molecule has 22 heavy (non-hydrogen) atoms. The van der Waals surface area contributed by atoms with E-state index >= 15 is 0 Å². The van der Waals surface area contributed by atoms with Gasteiger partial charge in [0.05, 0.1) is 11.4 Å². The zero-order valence-electron chi connectivity index (χ0n) is 13.8. The average molecular weight is 302 g/mol. The third-order valence-corrected chi connectivity index (χ3v) is 3.35. The average Bonchev–Trinajstić information content (AvgIpc) is 2.51. The fraction of sp³-hybridized carbons (Fsp3) is 0.333. The molecular weight excluding hydrogens is 276 g/mol. The molecule has 2 rings (SSSR count). The first-order valence-corrected chi connectivity index (χ1v) is 7.49. The largest absolute Gasteiger partial charge is 0.506 e. The number of hydrogen-bond acceptors (Lipinski definition) is 4. The molecule has 0 fully saturated rings. The maximum absolute atomic E-state index is 9.50. The lowest BCUT2D eigenvalue weighted by Gasteiger charge is -2.21. The zero-order chi connectivity index (χ0) is 16.5. The minimum Gasteiger partial charge on any atom is -0.506 e. The molecule has 0 heterocycles. The molecule has 4 nitrogen and oxygen atoms in total. The van der Waals surface area contributed by atoms with E-state index in [0.29, 0.717) is 11.5 Å². The lowest BCUT2D eigenvalue weighted by Crippen LogP contribution is -2.21. The van der Waals surface area contributed by atoms with Crippen molar-refractivity contribution >= 4 is 11.4 Å². The molecule has 0 radical (unpaired) electrons. The van der Waals surface area contributed by atoms with E-state index in [1.807, 2.05) is 55.4 Å². The number of benzene rings is 2. The Morgan fingerprint density at radius 1 is 0.727 bits per heavy atom. The summed E-state index contributed by atoms with van der Waals surface area (Å²) in [5.74, 6) is 0.689.